The number of para-hydroxylation sites is 2. The van der Waals surface area contributed by atoms with E-state index < -0.39 is 11.6 Å². The van der Waals surface area contributed by atoms with Crippen LogP contribution in [0.5, 0.6) is 5.75 Å². The summed E-state index contributed by atoms with van der Waals surface area (Å²) in [5, 5.41) is 0.692. The molecule has 2 heterocycles. The number of halogens is 2. The summed E-state index contributed by atoms with van der Waals surface area (Å²) in [6.45, 7) is 0.351. The molecule has 0 saturated heterocycles. The zero-order valence-electron chi connectivity index (χ0n) is 16.2. The van der Waals surface area contributed by atoms with Gasteiger partial charge < -0.3 is 9.47 Å². The maximum atomic E-state index is 14.6. The smallest absolute Gasteiger partial charge is 0.266 e. The van der Waals surface area contributed by atoms with Gasteiger partial charge in [0.15, 0.2) is 11.9 Å². The summed E-state index contributed by atoms with van der Waals surface area (Å²) in [5.74, 6) is -0.0893. The van der Waals surface area contributed by atoms with Gasteiger partial charge in [-0.1, -0.05) is 36.0 Å². The van der Waals surface area contributed by atoms with E-state index in [1.165, 1.54) is 40.6 Å². The van der Waals surface area contributed by atoms with Gasteiger partial charge in [-0.2, -0.15) is 0 Å². The highest BCUT2D eigenvalue weighted by atomic mass is 32.2. The van der Waals surface area contributed by atoms with Crippen molar-refractivity contribution in [2.24, 2.45) is 0 Å². The van der Waals surface area contributed by atoms with Gasteiger partial charge in [-0.15, -0.1) is 0 Å². The quantitative estimate of drug-likeness (QED) is 0.338. The van der Waals surface area contributed by atoms with Crippen molar-refractivity contribution in [2.45, 2.75) is 17.5 Å². The minimum Gasteiger partial charge on any atom is -0.467 e. The second kappa shape index (κ2) is 8.13. The Labute approximate surface area is 180 Å². The first kappa shape index (κ1) is 19.7. The Balaban J connectivity index is 1.62. The van der Waals surface area contributed by atoms with Crippen LogP contribution in [0.25, 0.3) is 16.6 Å². The van der Waals surface area contributed by atoms with Crippen molar-refractivity contribution in [3.8, 4) is 11.4 Å². The zero-order valence-corrected chi connectivity index (χ0v) is 17.0. The van der Waals surface area contributed by atoms with Gasteiger partial charge in [0.25, 0.3) is 5.56 Å². The molecule has 8 heteroatoms. The normalized spacial score (nSPS) is 13.1. The largest absolute Gasteiger partial charge is 0.467 e. The van der Waals surface area contributed by atoms with Crippen LogP contribution in [0.3, 0.4) is 0 Å². The van der Waals surface area contributed by atoms with Gasteiger partial charge in [0.2, 0.25) is 0 Å². The Hall–Kier alpha value is -3.23. The van der Waals surface area contributed by atoms with Crippen LogP contribution in [0.4, 0.5) is 8.78 Å². The number of hydrogen-bond donors (Lipinski definition) is 0. The molecule has 0 bridgehead atoms. The highest BCUT2D eigenvalue weighted by Crippen LogP contribution is 2.34. The fourth-order valence-corrected chi connectivity index (χ4v) is 4.53. The highest BCUT2D eigenvalue weighted by Gasteiger charge is 2.20. The van der Waals surface area contributed by atoms with E-state index in [-0.39, 0.29) is 30.4 Å². The molecule has 1 aliphatic heterocycles. The first-order chi connectivity index (χ1) is 15.1. The Morgan fingerprint density at radius 2 is 1.87 bits per heavy atom. The van der Waals surface area contributed by atoms with E-state index in [1.807, 2.05) is 0 Å². The molecule has 0 amide bonds. The lowest BCUT2D eigenvalue weighted by molar-refractivity contribution is -0.0171. The first-order valence-electron chi connectivity index (χ1n) is 9.53. The molecule has 3 aromatic carbocycles. The third kappa shape index (κ3) is 3.68. The van der Waals surface area contributed by atoms with Crippen molar-refractivity contribution < 1.29 is 18.3 Å². The number of benzene rings is 3. The molecule has 1 aromatic heterocycles. The lowest BCUT2D eigenvalue weighted by Crippen LogP contribution is -2.22. The molecule has 156 valence electrons. The minimum atomic E-state index is -0.535. The number of rotatable bonds is 4. The average molecular weight is 438 g/mol. The van der Waals surface area contributed by atoms with Crippen molar-refractivity contribution in [3.63, 3.8) is 0 Å². The second-order valence-corrected chi connectivity index (χ2v) is 7.90. The van der Waals surface area contributed by atoms with Crippen molar-refractivity contribution in [2.75, 3.05) is 6.79 Å². The summed E-state index contributed by atoms with van der Waals surface area (Å²) in [4.78, 5) is 17.8. The monoisotopic (exact) mass is 438 g/mol. The van der Waals surface area contributed by atoms with Gasteiger partial charge >= 0.3 is 0 Å². The summed E-state index contributed by atoms with van der Waals surface area (Å²) in [6, 6.07) is 15.7. The second-order valence-electron chi connectivity index (χ2n) is 6.96. The molecule has 0 N–H and O–H groups in total. The summed E-state index contributed by atoms with van der Waals surface area (Å²) in [6.07, 6.45) is 0. The molecule has 0 atom stereocenters. The summed E-state index contributed by atoms with van der Waals surface area (Å²) >= 11 is 1.21. The van der Waals surface area contributed by atoms with E-state index in [1.54, 1.807) is 36.4 Å². The predicted octanol–water partition coefficient (Wildman–Crippen LogP) is 4.82. The number of ether oxygens (including phenoxy) is 2. The van der Waals surface area contributed by atoms with Crippen LogP contribution < -0.4 is 10.3 Å². The summed E-state index contributed by atoms with van der Waals surface area (Å²) < 4.78 is 40.8. The summed E-state index contributed by atoms with van der Waals surface area (Å²) in [5.41, 5.74) is 1.49. The third-order valence-corrected chi connectivity index (χ3v) is 5.93. The Morgan fingerprint density at radius 3 is 2.74 bits per heavy atom. The number of hydrogen-bond acceptors (Lipinski definition) is 5. The SMILES string of the molecule is O=c1c2ccccc2nc(SCc2cc(F)cc3c2OCOC3)n1-c1ccccc1F. The number of aromatic nitrogens is 2. The van der Waals surface area contributed by atoms with E-state index >= 15 is 0 Å². The van der Waals surface area contributed by atoms with Crippen LogP contribution in [0.15, 0.2) is 70.6 Å². The molecule has 31 heavy (non-hydrogen) atoms. The maximum absolute atomic E-state index is 14.6. The molecule has 4 aromatic rings. The Morgan fingerprint density at radius 1 is 1.06 bits per heavy atom. The molecule has 1 aliphatic rings. The lowest BCUT2D eigenvalue weighted by atomic mass is 10.1. The molecular formula is C23H16F2N2O3S. The molecule has 5 nitrogen and oxygen atoms in total. The standard InChI is InChI=1S/C23H16F2N2O3S/c24-16-9-14-11-29-13-30-21(14)15(10-16)12-31-23-26-19-7-3-1-5-17(19)22(28)27(23)20-8-4-2-6-18(20)25/h1-10H,11-13H2. The fourth-order valence-electron chi connectivity index (χ4n) is 3.56. The van der Waals surface area contributed by atoms with E-state index in [2.05, 4.69) is 4.98 Å². The van der Waals surface area contributed by atoms with Crippen molar-refractivity contribution in [1.82, 2.24) is 9.55 Å². The highest BCUT2D eigenvalue weighted by molar-refractivity contribution is 7.98. The van der Waals surface area contributed by atoms with E-state index in [4.69, 9.17) is 9.47 Å². The van der Waals surface area contributed by atoms with Gasteiger partial charge in [-0.25, -0.2) is 13.8 Å². The average Bonchev–Trinajstić information content (AvgIpc) is 2.78. The lowest BCUT2D eigenvalue weighted by Gasteiger charge is -2.21. The predicted molar refractivity (Wildman–Crippen MR) is 114 cm³/mol. The van der Waals surface area contributed by atoms with Crippen LogP contribution >= 0.6 is 11.8 Å². The zero-order chi connectivity index (χ0) is 21.4. The molecule has 5 rings (SSSR count). The fraction of sp³-hybridized carbons (Fsp3) is 0.130. The molecular weight excluding hydrogens is 422 g/mol. The number of thioether (sulfide) groups is 1. The molecule has 0 radical (unpaired) electrons. The van der Waals surface area contributed by atoms with Crippen LogP contribution in [-0.4, -0.2) is 16.3 Å². The molecule has 0 aliphatic carbocycles. The van der Waals surface area contributed by atoms with Gasteiger partial charge in [-0.05, 0) is 36.4 Å². The van der Waals surface area contributed by atoms with Crippen LogP contribution in [0.2, 0.25) is 0 Å². The van der Waals surface area contributed by atoms with Crippen LogP contribution in [-0.2, 0) is 17.1 Å². The molecule has 0 unspecified atom stereocenters. The van der Waals surface area contributed by atoms with Crippen molar-refractivity contribution >= 4 is 22.7 Å². The van der Waals surface area contributed by atoms with Crippen LogP contribution in [0.1, 0.15) is 11.1 Å². The summed E-state index contributed by atoms with van der Waals surface area (Å²) in [7, 11) is 0. The maximum Gasteiger partial charge on any atom is 0.266 e. The van der Waals surface area contributed by atoms with Gasteiger partial charge in [0, 0.05) is 16.9 Å². The van der Waals surface area contributed by atoms with E-state index in [0.717, 1.165) is 0 Å². The Bertz CT molecular complexity index is 1360. The van der Waals surface area contributed by atoms with Gasteiger partial charge in [-0.3, -0.25) is 9.36 Å². The topological polar surface area (TPSA) is 53.4 Å². The Kier molecular flexibility index (Phi) is 5.17. The van der Waals surface area contributed by atoms with Gasteiger partial charge in [0.1, 0.15) is 17.4 Å². The third-order valence-electron chi connectivity index (χ3n) is 4.95. The van der Waals surface area contributed by atoms with Crippen molar-refractivity contribution in [1.29, 1.82) is 0 Å². The van der Waals surface area contributed by atoms with E-state index in [9.17, 15) is 13.6 Å². The van der Waals surface area contributed by atoms with Crippen molar-refractivity contribution in [3.05, 3.63) is 93.8 Å². The molecule has 0 saturated carbocycles. The minimum absolute atomic E-state index is 0.0878. The number of fused-ring (bicyclic) bond motifs is 2. The van der Waals surface area contributed by atoms with Crippen LogP contribution in [0, 0.1) is 11.6 Å². The molecule has 0 spiro atoms. The first-order valence-corrected chi connectivity index (χ1v) is 10.5. The van der Waals surface area contributed by atoms with E-state index in [0.29, 0.717) is 32.9 Å². The number of nitrogens with zero attached hydrogens (tertiary/aromatic N) is 2. The van der Waals surface area contributed by atoms with Gasteiger partial charge in [0.05, 0.1) is 23.2 Å². The molecule has 0 fully saturated rings.